The van der Waals surface area contributed by atoms with Crippen molar-refractivity contribution in [1.29, 1.82) is 5.26 Å². The predicted molar refractivity (Wildman–Crippen MR) is 142 cm³/mol. The number of amides is 2. The van der Waals surface area contributed by atoms with Gasteiger partial charge in [0.2, 0.25) is 0 Å². The summed E-state index contributed by atoms with van der Waals surface area (Å²) in [6.07, 6.45) is 1.39. The highest BCUT2D eigenvalue weighted by molar-refractivity contribution is 6.33. The van der Waals surface area contributed by atoms with Gasteiger partial charge in [0, 0.05) is 5.69 Å². The fraction of sp³-hybridized carbons (Fsp3) is 0.148. The number of anilines is 2. The van der Waals surface area contributed by atoms with Crippen LogP contribution in [-0.2, 0) is 9.59 Å². The molecule has 0 atom stereocenters. The van der Waals surface area contributed by atoms with E-state index in [2.05, 4.69) is 10.6 Å². The number of carbonyl (C=O) groups is 2. The number of carbonyl (C=O) groups excluding carboxylic acids is 2. The Morgan fingerprint density at radius 3 is 2.39 bits per heavy atom. The minimum Gasteiger partial charge on any atom is -0.490 e. The van der Waals surface area contributed by atoms with Crippen molar-refractivity contribution in [1.82, 2.24) is 0 Å². The molecule has 3 rings (SSSR count). The second-order valence-electron chi connectivity index (χ2n) is 7.57. The maximum Gasteiger partial charge on any atom is 0.266 e. The van der Waals surface area contributed by atoms with Crippen LogP contribution in [0.1, 0.15) is 18.1 Å². The molecule has 0 saturated heterocycles. The molecule has 2 N–H and O–H groups in total. The van der Waals surface area contributed by atoms with Crippen molar-refractivity contribution >= 4 is 52.5 Å². The van der Waals surface area contributed by atoms with Gasteiger partial charge in [0.25, 0.3) is 11.8 Å². The van der Waals surface area contributed by atoms with Gasteiger partial charge in [-0.3, -0.25) is 9.59 Å². The number of aryl methyl sites for hydroxylation is 1. The van der Waals surface area contributed by atoms with E-state index in [0.717, 1.165) is 5.56 Å². The molecule has 0 fully saturated rings. The van der Waals surface area contributed by atoms with Crippen molar-refractivity contribution < 1.29 is 19.1 Å². The first kappa shape index (κ1) is 26.6. The molecule has 0 unspecified atom stereocenters. The number of hydrogen-bond acceptors (Lipinski definition) is 5. The molecule has 7 nitrogen and oxygen atoms in total. The maximum atomic E-state index is 12.6. The molecule has 0 saturated carbocycles. The Bertz CT molecular complexity index is 1330. The second kappa shape index (κ2) is 12.6. The van der Waals surface area contributed by atoms with Gasteiger partial charge in [0.1, 0.15) is 11.6 Å². The third kappa shape index (κ3) is 7.25. The average Bonchev–Trinajstić information content (AvgIpc) is 2.85. The number of ether oxygens (including phenoxy) is 2. The Labute approximate surface area is 219 Å². The zero-order valence-electron chi connectivity index (χ0n) is 19.6. The molecule has 0 aliphatic heterocycles. The molecule has 36 heavy (non-hydrogen) atoms. The molecule has 0 aliphatic carbocycles. The first-order valence-electron chi connectivity index (χ1n) is 10.9. The maximum absolute atomic E-state index is 12.6. The largest absolute Gasteiger partial charge is 0.490 e. The van der Waals surface area contributed by atoms with Gasteiger partial charge < -0.3 is 20.1 Å². The first-order valence-corrected chi connectivity index (χ1v) is 11.7. The number of nitrogens with one attached hydrogen (secondary N) is 2. The van der Waals surface area contributed by atoms with Gasteiger partial charge >= 0.3 is 0 Å². The zero-order valence-corrected chi connectivity index (χ0v) is 21.1. The summed E-state index contributed by atoms with van der Waals surface area (Å²) < 4.78 is 11.3. The van der Waals surface area contributed by atoms with Gasteiger partial charge in [-0.2, -0.15) is 5.26 Å². The van der Waals surface area contributed by atoms with Crippen LogP contribution >= 0.6 is 23.2 Å². The summed E-state index contributed by atoms with van der Waals surface area (Å²) in [5.41, 5.74) is 2.40. The lowest BCUT2D eigenvalue weighted by Crippen LogP contribution is -2.20. The normalized spacial score (nSPS) is 10.8. The third-order valence-corrected chi connectivity index (χ3v) is 5.42. The molecule has 0 bridgehead atoms. The van der Waals surface area contributed by atoms with Gasteiger partial charge in [-0.25, -0.2) is 0 Å². The number of halogens is 2. The summed E-state index contributed by atoms with van der Waals surface area (Å²) in [5, 5.41) is 15.4. The van der Waals surface area contributed by atoms with Crippen LogP contribution in [0.4, 0.5) is 11.4 Å². The highest BCUT2D eigenvalue weighted by atomic mass is 35.5. The summed E-state index contributed by atoms with van der Waals surface area (Å²) in [5.74, 6) is -0.581. The van der Waals surface area contributed by atoms with E-state index in [-0.39, 0.29) is 28.7 Å². The summed E-state index contributed by atoms with van der Waals surface area (Å²) in [6.45, 7) is 3.66. The molecule has 0 spiro atoms. The smallest absolute Gasteiger partial charge is 0.266 e. The molecular weight excluding hydrogens is 501 g/mol. The lowest BCUT2D eigenvalue weighted by molar-refractivity contribution is -0.118. The fourth-order valence-electron chi connectivity index (χ4n) is 3.11. The molecule has 0 radical (unpaired) electrons. The van der Waals surface area contributed by atoms with E-state index in [9.17, 15) is 14.9 Å². The van der Waals surface area contributed by atoms with Crippen molar-refractivity contribution in [2.45, 2.75) is 13.8 Å². The molecule has 0 aromatic heterocycles. The van der Waals surface area contributed by atoms with Gasteiger partial charge in [-0.05, 0) is 61.9 Å². The molecular formula is C27H23Cl2N3O4. The van der Waals surface area contributed by atoms with Crippen molar-refractivity contribution in [2.24, 2.45) is 0 Å². The van der Waals surface area contributed by atoms with Crippen LogP contribution in [0, 0.1) is 18.3 Å². The monoisotopic (exact) mass is 523 g/mol. The van der Waals surface area contributed by atoms with Crippen molar-refractivity contribution in [2.75, 3.05) is 23.8 Å². The van der Waals surface area contributed by atoms with Gasteiger partial charge in [-0.1, -0.05) is 53.0 Å². The van der Waals surface area contributed by atoms with Crippen LogP contribution in [0.2, 0.25) is 10.0 Å². The molecule has 184 valence electrons. The van der Waals surface area contributed by atoms with E-state index >= 15 is 0 Å². The van der Waals surface area contributed by atoms with Gasteiger partial charge in [-0.15, -0.1) is 0 Å². The number of hydrogen-bond donors (Lipinski definition) is 2. The van der Waals surface area contributed by atoms with E-state index in [1.807, 2.05) is 25.1 Å². The molecule has 0 aliphatic rings. The van der Waals surface area contributed by atoms with Crippen LogP contribution in [0.15, 0.2) is 66.2 Å². The van der Waals surface area contributed by atoms with Crippen LogP contribution in [0.3, 0.4) is 0 Å². The standard InChI is InChI=1S/C27H23Cl2N3O4/c1-3-35-24-14-18(12-19(15-30)27(34)31-20-10-8-17(2)9-11-20)13-22(29)26(24)36-16-25(33)32-23-7-5-4-6-21(23)28/h4-14H,3,16H2,1-2H3,(H,31,34)(H,32,33)/b19-12-. The Balaban J connectivity index is 1.77. The van der Waals surface area contributed by atoms with E-state index in [1.54, 1.807) is 49.4 Å². The number of nitriles is 1. The third-order valence-electron chi connectivity index (χ3n) is 4.81. The Morgan fingerprint density at radius 2 is 1.72 bits per heavy atom. The lowest BCUT2D eigenvalue weighted by atomic mass is 10.1. The number of nitrogens with zero attached hydrogens (tertiary/aromatic N) is 1. The van der Waals surface area contributed by atoms with Crippen LogP contribution < -0.4 is 20.1 Å². The molecule has 2 amide bonds. The first-order chi connectivity index (χ1) is 17.3. The SMILES string of the molecule is CCOc1cc(/C=C(/C#N)C(=O)Nc2ccc(C)cc2)cc(Cl)c1OCC(=O)Nc1ccccc1Cl. The predicted octanol–water partition coefficient (Wildman–Crippen LogP) is 6.26. The lowest BCUT2D eigenvalue weighted by Gasteiger charge is -2.15. The summed E-state index contributed by atoms with van der Waals surface area (Å²) in [6, 6.07) is 19.0. The van der Waals surface area contributed by atoms with E-state index in [4.69, 9.17) is 32.7 Å². The Hall–Kier alpha value is -3.99. The van der Waals surface area contributed by atoms with Gasteiger partial charge in [0.15, 0.2) is 18.1 Å². The molecule has 9 heteroatoms. The van der Waals surface area contributed by atoms with E-state index < -0.39 is 11.8 Å². The highest BCUT2D eigenvalue weighted by Crippen LogP contribution is 2.37. The highest BCUT2D eigenvalue weighted by Gasteiger charge is 2.16. The number of para-hydroxylation sites is 1. The zero-order chi connectivity index (χ0) is 26.1. The number of rotatable bonds is 9. The Morgan fingerprint density at radius 1 is 1.00 bits per heavy atom. The van der Waals surface area contributed by atoms with Crippen LogP contribution in [0.5, 0.6) is 11.5 Å². The average molecular weight is 524 g/mol. The quantitative estimate of drug-likeness (QED) is 0.254. The van der Waals surface area contributed by atoms with E-state index in [1.165, 1.54) is 12.1 Å². The van der Waals surface area contributed by atoms with Crippen molar-refractivity contribution in [3.63, 3.8) is 0 Å². The Kier molecular flexibility index (Phi) is 9.34. The fourth-order valence-corrected chi connectivity index (χ4v) is 3.57. The summed E-state index contributed by atoms with van der Waals surface area (Å²) in [7, 11) is 0. The van der Waals surface area contributed by atoms with Gasteiger partial charge in [0.05, 0.1) is 22.3 Å². The molecule has 3 aromatic carbocycles. The van der Waals surface area contributed by atoms with Crippen molar-refractivity contribution in [3.05, 3.63) is 87.4 Å². The van der Waals surface area contributed by atoms with Crippen LogP contribution in [0.25, 0.3) is 6.08 Å². The second-order valence-corrected chi connectivity index (χ2v) is 8.38. The number of benzene rings is 3. The molecule has 3 aromatic rings. The minimum absolute atomic E-state index is 0.123. The summed E-state index contributed by atoms with van der Waals surface area (Å²) in [4.78, 5) is 24.9. The minimum atomic E-state index is -0.563. The molecule has 0 heterocycles. The van der Waals surface area contributed by atoms with E-state index in [0.29, 0.717) is 28.6 Å². The van der Waals surface area contributed by atoms with Crippen LogP contribution in [-0.4, -0.2) is 25.0 Å². The topological polar surface area (TPSA) is 100 Å². The summed E-state index contributed by atoms with van der Waals surface area (Å²) >= 11 is 12.5. The van der Waals surface area contributed by atoms with Crippen molar-refractivity contribution in [3.8, 4) is 17.6 Å².